The number of nitrogens with one attached hydrogen (secondary N) is 2. The van der Waals surface area contributed by atoms with Crippen molar-refractivity contribution in [3.05, 3.63) is 35.4 Å². The smallest absolute Gasteiger partial charge is 0.216 e. The normalized spacial score (nSPS) is 23.0. The Labute approximate surface area is 109 Å². The summed E-state index contributed by atoms with van der Waals surface area (Å²) in [6, 6.07) is 7.83. The second-order valence-electron chi connectivity index (χ2n) is 5.05. The van der Waals surface area contributed by atoms with Crippen LogP contribution in [0.4, 0.5) is 0 Å². The number of hydrogen-bond donors (Lipinski definition) is 2. The van der Waals surface area contributed by atoms with Gasteiger partial charge in [-0.15, -0.1) is 0 Å². The molecule has 5 heteroatoms. The first-order valence-electron chi connectivity index (χ1n) is 6.22. The first-order valence-corrected chi connectivity index (χ1v) is 7.88. The summed E-state index contributed by atoms with van der Waals surface area (Å²) < 4.78 is 26.6. The van der Waals surface area contributed by atoms with Crippen LogP contribution in [-0.4, -0.2) is 21.5 Å². The lowest BCUT2D eigenvalue weighted by Crippen LogP contribution is -2.28. The second kappa shape index (κ2) is 5.38. The Morgan fingerprint density at radius 2 is 2.00 bits per heavy atom. The van der Waals surface area contributed by atoms with Crippen molar-refractivity contribution in [3.63, 3.8) is 0 Å². The van der Waals surface area contributed by atoms with Crippen LogP contribution < -0.4 is 10.0 Å². The van der Waals surface area contributed by atoms with Crippen LogP contribution in [0.25, 0.3) is 0 Å². The van der Waals surface area contributed by atoms with E-state index in [9.17, 15) is 8.42 Å². The van der Waals surface area contributed by atoms with Crippen molar-refractivity contribution in [1.29, 1.82) is 0 Å². The van der Waals surface area contributed by atoms with Crippen LogP contribution in [-0.2, 0) is 22.3 Å². The van der Waals surface area contributed by atoms with Gasteiger partial charge >= 0.3 is 0 Å². The fourth-order valence-corrected chi connectivity index (χ4v) is 3.50. The quantitative estimate of drug-likeness (QED) is 0.816. The molecule has 1 aromatic carbocycles. The molecule has 0 amide bonds. The lowest BCUT2D eigenvalue weighted by atomic mass is 10.1. The van der Waals surface area contributed by atoms with Crippen molar-refractivity contribution in [2.45, 2.75) is 31.7 Å². The lowest BCUT2D eigenvalue weighted by Gasteiger charge is -2.07. The van der Waals surface area contributed by atoms with Gasteiger partial charge in [0.15, 0.2) is 0 Å². The first kappa shape index (κ1) is 13.5. The van der Waals surface area contributed by atoms with Crippen LogP contribution in [0.2, 0.25) is 0 Å². The summed E-state index contributed by atoms with van der Waals surface area (Å²) in [6.07, 6.45) is 0.957. The minimum absolute atomic E-state index is 0.0633. The molecule has 2 atom stereocenters. The van der Waals surface area contributed by atoms with Crippen molar-refractivity contribution < 1.29 is 8.42 Å². The average Bonchev–Trinajstić information content (AvgIpc) is 2.93. The van der Waals surface area contributed by atoms with E-state index in [0.717, 1.165) is 24.1 Å². The number of rotatable bonds is 6. The van der Waals surface area contributed by atoms with E-state index in [1.807, 2.05) is 31.3 Å². The summed E-state index contributed by atoms with van der Waals surface area (Å²) >= 11 is 0. The van der Waals surface area contributed by atoms with E-state index in [4.69, 9.17) is 0 Å². The Kier molecular flexibility index (Phi) is 4.04. The van der Waals surface area contributed by atoms with Crippen LogP contribution in [0.3, 0.4) is 0 Å². The van der Waals surface area contributed by atoms with Gasteiger partial charge in [-0.2, -0.15) is 0 Å². The van der Waals surface area contributed by atoms with E-state index >= 15 is 0 Å². The van der Waals surface area contributed by atoms with Gasteiger partial charge in [-0.05, 0) is 30.5 Å². The molecule has 1 aromatic rings. The van der Waals surface area contributed by atoms with Gasteiger partial charge in [-0.25, -0.2) is 13.1 Å². The fourth-order valence-electron chi connectivity index (χ4n) is 2.01. The average molecular weight is 268 g/mol. The van der Waals surface area contributed by atoms with Gasteiger partial charge in [0.1, 0.15) is 0 Å². The second-order valence-corrected chi connectivity index (χ2v) is 6.80. The van der Waals surface area contributed by atoms with Gasteiger partial charge in [-0.3, -0.25) is 0 Å². The van der Waals surface area contributed by atoms with E-state index in [2.05, 4.69) is 17.0 Å². The van der Waals surface area contributed by atoms with Gasteiger partial charge in [0, 0.05) is 12.6 Å². The predicted molar refractivity (Wildman–Crippen MR) is 72.5 cm³/mol. The molecule has 2 N–H and O–H groups in total. The van der Waals surface area contributed by atoms with E-state index in [0.29, 0.717) is 5.92 Å². The van der Waals surface area contributed by atoms with Gasteiger partial charge in [-0.1, -0.05) is 31.2 Å². The lowest BCUT2D eigenvalue weighted by molar-refractivity contribution is 0.577. The highest BCUT2D eigenvalue weighted by molar-refractivity contribution is 7.88. The molecule has 18 heavy (non-hydrogen) atoms. The van der Waals surface area contributed by atoms with E-state index < -0.39 is 10.0 Å². The van der Waals surface area contributed by atoms with Crippen molar-refractivity contribution in [1.82, 2.24) is 10.0 Å². The maximum absolute atomic E-state index is 11.9. The summed E-state index contributed by atoms with van der Waals surface area (Å²) in [5.41, 5.74) is 1.94. The molecule has 0 saturated heterocycles. The standard InChI is InChI=1S/C13H20N2O2S/c1-10-6-13(10)15-18(16,17)9-12-5-3-4-11(7-12)8-14-2/h3-5,7,10,13-15H,6,8-9H2,1-2H3. The largest absolute Gasteiger partial charge is 0.316 e. The molecule has 2 rings (SSSR count). The molecule has 0 spiro atoms. The SMILES string of the molecule is CNCc1cccc(CS(=O)(=O)NC2CC2C)c1. The summed E-state index contributed by atoms with van der Waals surface area (Å²) in [5.74, 6) is 0.545. The number of sulfonamides is 1. The number of benzene rings is 1. The van der Waals surface area contributed by atoms with Gasteiger partial charge < -0.3 is 5.32 Å². The molecule has 0 aromatic heterocycles. The van der Waals surface area contributed by atoms with Crippen LogP contribution in [0.15, 0.2) is 24.3 Å². The van der Waals surface area contributed by atoms with E-state index in [1.165, 1.54) is 0 Å². The highest BCUT2D eigenvalue weighted by Crippen LogP contribution is 2.30. The van der Waals surface area contributed by atoms with E-state index in [-0.39, 0.29) is 11.8 Å². The molecular weight excluding hydrogens is 248 g/mol. The molecular formula is C13H20N2O2S. The van der Waals surface area contributed by atoms with Gasteiger partial charge in [0.05, 0.1) is 5.75 Å². The molecule has 1 fully saturated rings. The molecule has 1 aliphatic rings. The van der Waals surface area contributed by atoms with Crippen molar-refractivity contribution in [3.8, 4) is 0 Å². The highest BCUT2D eigenvalue weighted by atomic mass is 32.2. The summed E-state index contributed by atoms with van der Waals surface area (Å²) in [5, 5.41) is 3.06. The Bertz CT molecular complexity index is 513. The molecule has 0 aliphatic heterocycles. The maximum Gasteiger partial charge on any atom is 0.216 e. The molecule has 4 nitrogen and oxygen atoms in total. The van der Waals surface area contributed by atoms with Crippen molar-refractivity contribution >= 4 is 10.0 Å². The minimum Gasteiger partial charge on any atom is -0.316 e. The highest BCUT2D eigenvalue weighted by Gasteiger charge is 2.35. The molecule has 0 radical (unpaired) electrons. The summed E-state index contributed by atoms with van der Waals surface area (Å²) in [4.78, 5) is 0. The van der Waals surface area contributed by atoms with Crippen molar-refractivity contribution in [2.75, 3.05) is 7.05 Å². The molecule has 1 aliphatic carbocycles. The zero-order valence-electron chi connectivity index (χ0n) is 10.8. The Morgan fingerprint density at radius 1 is 1.33 bits per heavy atom. The van der Waals surface area contributed by atoms with Crippen LogP contribution in [0.1, 0.15) is 24.5 Å². The molecule has 100 valence electrons. The zero-order chi connectivity index (χ0) is 13.2. The first-order chi connectivity index (χ1) is 8.50. The Morgan fingerprint density at radius 3 is 2.61 bits per heavy atom. The summed E-state index contributed by atoms with van der Waals surface area (Å²) in [6.45, 7) is 2.81. The van der Waals surface area contributed by atoms with E-state index in [1.54, 1.807) is 0 Å². The molecule has 0 bridgehead atoms. The van der Waals surface area contributed by atoms with Crippen LogP contribution >= 0.6 is 0 Å². The molecule has 2 unspecified atom stereocenters. The van der Waals surface area contributed by atoms with Gasteiger partial charge in [0.2, 0.25) is 10.0 Å². The number of hydrogen-bond acceptors (Lipinski definition) is 3. The molecule has 0 heterocycles. The minimum atomic E-state index is -3.21. The summed E-state index contributed by atoms with van der Waals surface area (Å²) in [7, 11) is -1.33. The van der Waals surface area contributed by atoms with Crippen molar-refractivity contribution in [2.24, 2.45) is 5.92 Å². The third-order valence-corrected chi connectivity index (χ3v) is 4.54. The Hall–Kier alpha value is -0.910. The van der Waals surface area contributed by atoms with Crippen LogP contribution in [0.5, 0.6) is 0 Å². The third-order valence-electron chi connectivity index (χ3n) is 3.17. The predicted octanol–water partition coefficient (Wildman–Crippen LogP) is 1.23. The van der Waals surface area contributed by atoms with Crippen LogP contribution in [0, 0.1) is 5.92 Å². The monoisotopic (exact) mass is 268 g/mol. The van der Waals surface area contributed by atoms with Gasteiger partial charge in [0.25, 0.3) is 0 Å². The fraction of sp³-hybridized carbons (Fsp3) is 0.538. The third kappa shape index (κ3) is 3.80. The topological polar surface area (TPSA) is 58.2 Å². The maximum atomic E-state index is 11.9. The molecule has 1 saturated carbocycles. The zero-order valence-corrected chi connectivity index (χ0v) is 11.6. The Balaban J connectivity index is 2.01.